The highest BCUT2D eigenvalue weighted by molar-refractivity contribution is 6.35. The molecule has 2 atom stereocenters. The number of benzene rings is 1. The molecule has 7 heteroatoms. The van der Waals surface area contributed by atoms with E-state index in [2.05, 4.69) is 10.3 Å². The number of fused-ring (bicyclic) bond motifs is 2. The normalized spacial score (nSPS) is 27.0. The highest BCUT2D eigenvalue weighted by Gasteiger charge is 2.58. The Morgan fingerprint density at radius 1 is 1.32 bits per heavy atom. The van der Waals surface area contributed by atoms with E-state index in [1.165, 1.54) is 0 Å². The third-order valence-electron chi connectivity index (χ3n) is 4.85. The van der Waals surface area contributed by atoms with Crippen LogP contribution in [0.5, 0.6) is 0 Å². The number of nitrogens with one attached hydrogen (secondary N) is 1. The summed E-state index contributed by atoms with van der Waals surface area (Å²) in [5, 5.41) is 3.58. The van der Waals surface area contributed by atoms with E-state index in [-0.39, 0.29) is 13.0 Å². The molecule has 1 N–H and O–H groups in total. The van der Waals surface area contributed by atoms with Crippen LogP contribution < -0.4 is 5.32 Å². The fourth-order valence-electron chi connectivity index (χ4n) is 3.30. The lowest BCUT2D eigenvalue weighted by molar-refractivity contribution is -0.135. The second-order valence-corrected chi connectivity index (χ2v) is 7.25. The minimum atomic E-state index is -2.13. The molecule has 25 heavy (non-hydrogen) atoms. The predicted molar refractivity (Wildman–Crippen MR) is 92.2 cm³/mol. The first-order valence-corrected chi connectivity index (χ1v) is 8.71. The molecule has 1 spiro atoms. The van der Waals surface area contributed by atoms with Gasteiger partial charge in [-0.15, -0.1) is 0 Å². The third-order valence-corrected chi connectivity index (χ3v) is 5.43. The third kappa shape index (κ3) is 2.80. The fraction of sp³-hybridized carbons (Fsp3) is 0.333. The van der Waals surface area contributed by atoms with Gasteiger partial charge in [-0.25, -0.2) is 4.39 Å². The maximum absolute atomic E-state index is 15.6. The number of hydrogen-bond acceptors (Lipinski definition) is 3. The summed E-state index contributed by atoms with van der Waals surface area (Å²) in [6.45, 7) is 0.646. The fourth-order valence-corrected chi connectivity index (χ4v) is 3.78. The summed E-state index contributed by atoms with van der Waals surface area (Å²) in [5.74, 6) is -0.691. The van der Waals surface area contributed by atoms with Gasteiger partial charge in [0.15, 0.2) is 0 Å². The van der Waals surface area contributed by atoms with E-state index in [0.29, 0.717) is 39.9 Å². The molecule has 4 rings (SSSR count). The van der Waals surface area contributed by atoms with Crippen LogP contribution in [0.25, 0.3) is 0 Å². The number of epoxide rings is 1. The number of nitrogens with zero attached hydrogens (tertiary/aromatic N) is 1. The van der Waals surface area contributed by atoms with Crippen LogP contribution in [0.2, 0.25) is 10.0 Å². The quantitative estimate of drug-likeness (QED) is 0.821. The molecular weight excluding hydrogens is 366 g/mol. The maximum atomic E-state index is 15.6. The number of pyridine rings is 1. The van der Waals surface area contributed by atoms with Crippen molar-refractivity contribution in [3.63, 3.8) is 0 Å². The molecule has 1 amide bonds. The Morgan fingerprint density at radius 2 is 2.12 bits per heavy atom. The van der Waals surface area contributed by atoms with Crippen molar-refractivity contribution >= 4 is 29.1 Å². The van der Waals surface area contributed by atoms with E-state index >= 15 is 4.39 Å². The van der Waals surface area contributed by atoms with Gasteiger partial charge < -0.3 is 10.1 Å². The van der Waals surface area contributed by atoms with Crippen LogP contribution in [0.4, 0.5) is 4.39 Å². The zero-order valence-corrected chi connectivity index (χ0v) is 14.7. The molecule has 0 saturated carbocycles. The van der Waals surface area contributed by atoms with Crippen molar-refractivity contribution < 1.29 is 13.9 Å². The molecule has 2 aliphatic rings. The molecule has 1 saturated heterocycles. The van der Waals surface area contributed by atoms with Crippen molar-refractivity contribution in [1.29, 1.82) is 0 Å². The van der Waals surface area contributed by atoms with E-state index in [4.69, 9.17) is 27.9 Å². The minimum Gasteiger partial charge on any atom is -0.363 e. The van der Waals surface area contributed by atoms with Crippen LogP contribution in [0.15, 0.2) is 36.5 Å². The zero-order chi connectivity index (χ0) is 17.7. The molecule has 1 aliphatic carbocycles. The van der Waals surface area contributed by atoms with Gasteiger partial charge in [-0.2, -0.15) is 0 Å². The number of aromatic nitrogens is 1. The number of carbonyl (C=O) groups excluding carboxylic acids is 1. The summed E-state index contributed by atoms with van der Waals surface area (Å²) >= 11 is 12.0. The Bertz CT molecular complexity index is 857. The predicted octanol–water partition coefficient (Wildman–Crippen LogP) is 3.89. The van der Waals surface area contributed by atoms with Crippen molar-refractivity contribution in [2.75, 3.05) is 6.61 Å². The van der Waals surface area contributed by atoms with Gasteiger partial charge in [-0.3, -0.25) is 9.78 Å². The van der Waals surface area contributed by atoms with Gasteiger partial charge >= 0.3 is 0 Å². The van der Waals surface area contributed by atoms with E-state index < -0.39 is 17.2 Å². The molecule has 0 unspecified atom stereocenters. The van der Waals surface area contributed by atoms with Crippen LogP contribution in [0, 0.1) is 0 Å². The highest BCUT2D eigenvalue weighted by atomic mass is 35.5. The summed E-state index contributed by atoms with van der Waals surface area (Å²) < 4.78 is 21.1. The topological polar surface area (TPSA) is 54.5 Å². The van der Waals surface area contributed by atoms with Crippen molar-refractivity contribution in [2.24, 2.45) is 0 Å². The van der Waals surface area contributed by atoms with Crippen LogP contribution >= 0.6 is 23.2 Å². The average Bonchev–Trinajstić information content (AvgIpc) is 3.39. The molecule has 2 aromatic rings. The van der Waals surface area contributed by atoms with Crippen molar-refractivity contribution in [3.8, 4) is 0 Å². The first-order valence-electron chi connectivity index (χ1n) is 7.96. The van der Waals surface area contributed by atoms with Crippen molar-refractivity contribution in [1.82, 2.24) is 10.3 Å². The summed E-state index contributed by atoms with van der Waals surface area (Å²) in [6.07, 6.45) is 2.09. The van der Waals surface area contributed by atoms with Crippen LogP contribution in [0.3, 0.4) is 0 Å². The molecule has 1 aromatic heterocycles. The van der Waals surface area contributed by atoms with Crippen LogP contribution in [-0.4, -0.2) is 17.5 Å². The summed E-state index contributed by atoms with van der Waals surface area (Å²) in [6, 6.07) is 8.22. The molecule has 0 bridgehead atoms. The average molecular weight is 381 g/mol. The van der Waals surface area contributed by atoms with Crippen LogP contribution in [0.1, 0.15) is 29.7 Å². The number of alkyl halides is 1. The van der Waals surface area contributed by atoms with Gasteiger partial charge in [0.2, 0.25) is 5.67 Å². The lowest BCUT2D eigenvalue weighted by Crippen LogP contribution is -2.45. The molecule has 1 aromatic carbocycles. The minimum absolute atomic E-state index is 0.0614. The largest absolute Gasteiger partial charge is 0.363 e. The smallest absolute Gasteiger partial charge is 0.262 e. The first kappa shape index (κ1) is 16.8. The number of ether oxygens (including phenoxy) is 1. The first-order chi connectivity index (χ1) is 11.9. The lowest BCUT2D eigenvalue weighted by atomic mass is 9.77. The van der Waals surface area contributed by atoms with Gasteiger partial charge in [-0.05, 0) is 36.6 Å². The SMILES string of the molecule is O=C(NCc1ccc(Cl)cc1Cl)[C@@]1(F)CC[C@@]2(CO2)c2ncccc21. The van der Waals surface area contributed by atoms with E-state index in [0.717, 1.165) is 0 Å². The van der Waals surface area contributed by atoms with E-state index in [1.807, 2.05) is 0 Å². The summed E-state index contributed by atoms with van der Waals surface area (Å²) in [7, 11) is 0. The molecule has 0 radical (unpaired) electrons. The Kier molecular flexibility index (Phi) is 3.98. The zero-order valence-electron chi connectivity index (χ0n) is 13.2. The maximum Gasteiger partial charge on any atom is 0.262 e. The summed E-state index contributed by atoms with van der Waals surface area (Å²) in [4.78, 5) is 16.9. The number of halogens is 3. The van der Waals surface area contributed by atoms with Crippen molar-refractivity contribution in [2.45, 2.75) is 30.7 Å². The second-order valence-electron chi connectivity index (χ2n) is 6.40. The Hall–Kier alpha value is -1.69. The Labute approximate surface area is 154 Å². The molecule has 1 fully saturated rings. The standard InChI is InChI=1S/C18H15Cl2FN2O2/c19-12-4-3-11(14(20)8-12)9-23-16(24)18(21)6-5-17(10-25-17)15-13(18)2-1-7-22-15/h1-4,7-8H,5-6,9-10H2,(H,23,24)/t17-,18-/m1/s1. The molecule has 1 aliphatic heterocycles. The van der Waals surface area contributed by atoms with E-state index in [9.17, 15) is 4.79 Å². The molecule has 4 nitrogen and oxygen atoms in total. The monoisotopic (exact) mass is 380 g/mol. The van der Waals surface area contributed by atoms with Gasteiger partial charge in [0.05, 0.1) is 12.3 Å². The van der Waals surface area contributed by atoms with E-state index in [1.54, 1.807) is 36.5 Å². The van der Waals surface area contributed by atoms with Crippen LogP contribution in [-0.2, 0) is 27.3 Å². The molecule has 130 valence electrons. The number of hydrogen-bond donors (Lipinski definition) is 1. The van der Waals surface area contributed by atoms with Gasteiger partial charge in [0.1, 0.15) is 5.60 Å². The highest BCUT2D eigenvalue weighted by Crippen LogP contribution is 2.53. The Morgan fingerprint density at radius 3 is 2.84 bits per heavy atom. The van der Waals surface area contributed by atoms with Gasteiger partial charge in [0, 0.05) is 28.4 Å². The molecule has 2 heterocycles. The van der Waals surface area contributed by atoms with Crippen molar-refractivity contribution in [3.05, 3.63) is 63.4 Å². The Balaban J connectivity index is 1.57. The second kappa shape index (κ2) is 5.94. The lowest BCUT2D eigenvalue weighted by Gasteiger charge is -2.33. The molecular formula is C18H15Cl2FN2O2. The number of carbonyl (C=O) groups is 1. The van der Waals surface area contributed by atoms with Gasteiger partial charge in [0.25, 0.3) is 5.91 Å². The number of amides is 1. The number of rotatable bonds is 3. The summed E-state index contributed by atoms with van der Waals surface area (Å²) in [5.41, 5.74) is -1.14. The van der Waals surface area contributed by atoms with Gasteiger partial charge in [-0.1, -0.05) is 35.3 Å².